The predicted molar refractivity (Wildman–Crippen MR) is 49.0 cm³/mol. The van der Waals surface area contributed by atoms with Crippen molar-refractivity contribution < 1.29 is 4.79 Å². The lowest BCUT2D eigenvalue weighted by atomic mass is 10.1. The molecule has 0 aromatic heterocycles. The Morgan fingerprint density at radius 2 is 2.33 bits per heavy atom. The zero-order chi connectivity index (χ0) is 8.97. The van der Waals surface area contributed by atoms with E-state index in [-0.39, 0.29) is 5.78 Å². The number of carbonyl (C=O) groups is 1. The Labute approximate surface area is 73.4 Å². The number of carbonyl (C=O) groups excluding carboxylic acids is 1. The fourth-order valence-corrected chi connectivity index (χ4v) is 1.17. The molecule has 1 nitrogen and oxygen atoms in total. The van der Waals surface area contributed by atoms with Crippen LogP contribution in [0.1, 0.15) is 25.0 Å². The number of Topliss-reactive ketones (excluding diaryl/α,β-unsaturated/α-hetero) is 1. The van der Waals surface area contributed by atoms with Crippen LogP contribution in [-0.4, -0.2) is 5.78 Å². The molecule has 0 N–H and O–H groups in total. The van der Waals surface area contributed by atoms with Crippen molar-refractivity contribution in [2.75, 3.05) is 0 Å². The molecular weight excluding hydrogens is 148 g/mol. The molecular formula is C11H13O. The first kappa shape index (κ1) is 8.98. The van der Waals surface area contributed by atoms with Gasteiger partial charge in [-0.3, -0.25) is 4.79 Å². The number of rotatable bonds is 3. The highest BCUT2D eigenvalue weighted by Gasteiger charge is 1.97. The van der Waals surface area contributed by atoms with Gasteiger partial charge in [0.25, 0.3) is 0 Å². The van der Waals surface area contributed by atoms with Crippen LogP contribution >= 0.6 is 0 Å². The Bertz CT molecular complexity index is 276. The van der Waals surface area contributed by atoms with E-state index < -0.39 is 0 Å². The van der Waals surface area contributed by atoms with E-state index in [2.05, 4.69) is 13.0 Å². The normalized spacial score (nSPS) is 9.83. The fourth-order valence-electron chi connectivity index (χ4n) is 1.17. The van der Waals surface area contributed by atoms with Gasteiger partial charge in [-0.05, 0) is 30.5 Å². The monoisotopic (exact) mass is 161 g/mol. The molecule has 1 heteroatoms. The summed E-state index contributed by atoms with van der Waals surface area (Å²) in [5.74, 6) is 0.211. The Kier molecular flexibility index (Phi) is 3.03. The fraction of sp³-hybridized carbons (Fsp3) is 0.364. The molecule has 0 amide bonds. The van der Waals surface area contributed by atoms with Gasteiger partial charge in [-0.1, -0.05) is 25.1 Å². The third-order valence-electron chi connectivity index (χ3n) is 1.76. The number of ketones is 1. The lowest BCUT2D eigenvalue weighted by molar-refractivity contribution is -0.116. The molecule has 0 spiro atoms. The van der Waals surface area contributed by atoms with E-state index >= 15 is 0 Å². The quantitative estimate of drug-likeness (QED) is 0.664. The van der Waals surface area contributed by atoms with Crippen LogP contribution < -0.4 is 0 Å². The third-order valence-corrected chi connectivity index (χ3v) is 1.76. The zero-order valence-electron chi connectivity index (χ0n) is 7.55. The van der Waals surface area contributed by atoms with Crippen LogP contribution in [0.4, 0.5) is 0 Å². The van der Waals surface area contributed by atoms with Crippen molar-refractivity contribution in [2.45, 2.75) is 26.7 Å². The largest absolute Gasteiger partial charge is 0.300 e. The summed E-state index contributed by atoms with van der Waals surface area (Å²) in [5, 5.41) is 0. The highest BCUT2D eigenvalue weighted by atomic mass is 16.1. The van der Waals surface area contributed by atoms with Crippen molar-refractivity contribution in [1.29, 1.82) is 0 Å². The Morgan fingerprint density at radius 1 is 1.58 bits per heavy atom. The van der Waals surface area contributed by atoms with Crippen LogP contribution in [0.3, 0.4) is 0 Å². The van der Waals surface area contributed by atoms with Crippen LogP contribution in [0.5, 0.6) is 0 Å². The number of benzene rings is 1. The van der Waals surface area contributed by atoms with Crippen molar-refractivity contribution >= 4 is 5.78 Å². The van der Waals surface area contributed by atoms with Crippen molar-refractivity contribution in [3.05, 3.63) is 35.4 Å². The molecule has 0 atom stereocenters. The van der Waals surface area contributed by atoms with Gasteiger partial charge in [0.15, 0.2) is 0 Å². The molecule has 0 bridgehead atoms. The van der Waals surface area contributed by atoms with Gasteiger partial charge in [-0.25, -0.2) is 0 Å². The van der Waals surface area contributed by atoms with Crippen molar-refractivity contribution in [3.8, 4) is 0 Å². The minimum absolute atomic E-state index is 0.211. The van der Waals surface area contributed by atoms with E-state index in [0.717, 1.165) is 12.0 Å². The number of aryl methyl sites for hydroxylation is 1. The maximum atomic E-state index is 10.8. The first-order valence-electron chi connectivity index (χ1n) is 4.21. The minimum Gasteiger partial charge on any atom is -0.300 e. The predicted octanol–water partition coefficient (Wildman–Crippen LogP) is 2.18. The molecule has 0 unspecified atom stereocenters. The van der Waals surface area contributed by atoms with Gasteiger partial charge in [0.2, 0.25) is 0 Å². The number of hydrogen-bond donors (Lipinski definition) is 0. The average molecular weight is 161 g/mol. The molecule has 0 aliphatic heterocycles. The summed E-state index contributed by atoms with van der Waals surface area (Å²) in [5.41, 5.74) is 2.27. The number of hydrogen-bond acceptors (Lipinski definition) is 1. The Balaban J connectivity index is 2.79. The summed E-state index contributed by atoms with van der Waals surface area (Å²) in [6.45, 7) is 3.70. The molecule has 0 heterocycles. The summed E-state index contributed by atoms with van der Waals surface area (Å²) in [6.07, 6.45) is 1.52. The van der Waals surface area contributed by atoms with Gasteiger partial charge in [-0.2, -0.15) is 0 Å². The van der Waals surface area contributed by atoms with E-state index in [1.54, 1.807) is 6.92 Å². The lowest BCUT2D eigenvalue weighted by Crippen LogP contribution is -1.96. The highest BCUT2D eigenvalue weighted by molar-refractivity contribution is 5.78. The second kappa shape index (κ2) is 4.05. The molecule has 0 saturated heterocycles. The van der Waals surface area contributed by atoms with Gasteiger partial charge < -0.3 is 0 Å². The topological polar surface area (TPSA) is 17.1 Å². The lowest BCUT2D eigenvalue weighted by Gasteiger charge is -1.99. The maximum Gasteiger partial charge on any atom is 0.134 e. The molecule has 12 heavy (non-hydrogen) atoms. The third kappa shape index (κ3) is 2.50. The van der Waals surface area contributed by atoms with E-state index in [0.29, 0.717) is 6.42 Å². The summed E-state index contributed by atoms with van der Waals surface area (Å²) in [4.78, 5) is 10.8. The van der Waals surface area contributed by atoms with E-state index in [9.17, 15) is 4.79 Å². The SMILES string of the molecule is CCc1[c]ccc(CC(C)=O)c1. The summed E-state index contributed by atoms with van der Waals surface area (Å²) >= 11 is 0. The highest BCUT2D eigenvalue weighted by Crippen LogP contribution is 2.05. The first-order valence-corrected chi connectivity index (χ1v) is 4.21. The average Bonchev–Trinajstić information content (AvgIpc) is 2.03. The van der Waals surface area contributed by atoms with Crippen LogP contribution in [0.15, 0.2) is 18.2 Å². The van der Waals surface area contributed by atoms with Gasteiger partial charge in [0, 0.05) is 6.42 Å². The van der Waals surface area contributed by atoms with Gasteiger partial charge in [-0.15, -0.1) is 0 Å². The summed E-state index contributed by atoms with van der Waals surface area (Å²) < 4.78 is 0. The van der Waals surface area contributed by atoms with Crippen LogP contribution in [0, 0.1) is 6.07 Å². The molecule has 1 radical (unpaired) electrons. The van der Waals surface area contributed by atoms with Crippen LogP contribution in [0.25, 0.3) is 0 Å². The summed E-state index contributed by atoms with van der Waals surface area (Å²) in [6, 6.07) is 8.99. The van der Waals surface area contributed by atoms with E-state index in [1.165, 1.54) is 5.56 Å². The first-order chi connectivity index (χ1) is 5.72. The molecule has 0 fully saturated rings. The second-order valence-corrected chi connectivity index (χ2v) is 2.95. The second-order valence-electron chi connectivity index (χ2n) is 2.95. The molecule has 0 saturated carbocycles. The van der Waals surface area contributed by atoms with Crippen molar-refractivity contribution in [2.24, 2.45) is 0 Å². The summed E-state index contributed by atoms with van der Waals surface area (Å²) in [7, 11) is 0. The molecule has 0 aliphatic carbocycles. The van der Waals surface area contributed by atoms with Gasteiger partial charge in [0.1, 0.15) is 5.78 Å². The molecule has 1 aromatic rings. The van der Waals surface area contributed by atoms with Crippen molar-refractivity contribution in [1.82, 2.24) is 0 Å². The smallest absolute Gasteiger partial charge is 0.134 e. The standard InChI is InChI=1S/C11H13O/c1-3-10-5-4-6-11(8-10)7-9(2)12/h4,6,8H,3,7H2,1-2H3. The molecule has 1 rings (SSSR count). The van der Waals surface area contributed by atoms with Gasteiger partial charge >= 0.3 is 0 Å². The molecule has 1 aromatic carbocycles. The zero-order valence-corrected chi connectivity index (χ0v) is 7.55. The molecule has 63 valence electrons. The van der Waals surface area contributed by atoms with Crippen LogP contribution in [0.2, 0.25) is 0 Å². The van der Waals surface area contributed by atoms with Crippen molar-refractivity contribution in [3.63, 3.8) is 0 Å². The Morgan fingerprint density at radius 3 is 2.92 bits per heavy atom. The minimum atomic E-state index is 0.211. The maximum absolute atomic E-state index is 10.8. The van der Waals surface area contributed by atoms with E-state index in [4.69, 9.17) is 0 Å². The van der Waals surface area contributed by atoms with E-state index in [1.807, 2.05) is 18.2 Å². The van der Waals surface area contributed by atoms with Gasteiger partial charge in [0.05, 0.1) is 0 Å². The Hall–Kier alpha value is -1.11. The van der Waals surface area contributed by atoms with Crippen LogP contribution in [-0.2, 0) is 17.6 Å². The molecule has 0 aliphatic rings.